The van der Waals surface area contributed by atoms with Crippen molar-refractivity contribution in [2.24, 2.45) is 11.8 Å². The third-order valence-electron chi connectivity index (χ3n) is 7.30. The van der Waals surface area contributed by atoms with Crippen molar-refractivity contribution in [1.29, 1.82) is 0 Å². The fourth-order valence-electron chi connectivity index (χ4n) is 5.15. The van der Waals surface area contributed by atoms with Gasteiger partial charge in [0.15, 0.2) is 0 Å². The fraction of sp³-hybridized carbons (Fsp3) is 0.750. The Hall–Kier alpha value is -1.66. The van der Waals surface area contributed by atoms with E-state index in [9.17, 15) is 4.79 Å². The normalized spacial score (nSPS) is 35.6. The van der Waals surface area contributed by atoms with E-state index in [1.165, 1.54) is 11.1 Å². The van der Waals surface area contributed by atoms with Gasteiger partial charge in [-0.1, -0.05) is 11.6 Å². The highest BCUT2D eigenvalue weighted by Crippen LogP contribution is 2.50. The second-order valence-electron chi connectivity index (χ2n) is 9.88. The summed E-state index contributed by atoms with van der Waals surface area (Å²) in [6.07, 6.45) is 10.4. The third-order valence-corrected chi connectivity index (χ3v) is 7.30. The summed E-state index contributed by atoms with van der Waals surface area (Å²) in [5.41, 5.74) is 2.47. The zero-order valence-electron chi connectivity index (χ0n) is 19.1. The molecule has 0 N–H and O–H groups in total. The molecular formula is C24H37N3O3. The molecule has 2 fully saturated rings. The van der Waals surface area contributed by atoms with Gasteiger partial charge in [0.25, 0.3) is 0 Å². The molecule has 0 aromatic carbocycles. The summed E-state index contributed by atoms with van der Waals surface area (Å²) >= 11 is 0. The van der Waals surface area contributed by atoms with Gasteiger partial charge in [0, 0.05) is 43.4 Å². The molecule has 166 valence electrons. The lowest BCUT2D eigenvalue weighted by atomic mass is 9.80. The molecule has 0 spiro atoms. The number of aromatic nitrogens is 2. The molecule has 0 bridgehead atoms. The maximum Gasteiger partial charge on any atom is 0.311 e. The van der Waals surface area contributed by atoms with E-state index in [1.54, 1.807) is 0 Å². The van der Waals surface area contributed by atoms with E-state index < -0.39 is 0 Å². The van der Waals surface area contributed by atoms with Gasteiger partial charge in [-0.15, -0.1) is 0 Å². The molecule has 0 radical (unpaired) electrons. The fourth-order valence-corrected chi connectivity index (χ4v) is 5.15. The predicted molar refractivity (Wildman–Crippen MR) is 116 cm³/mol. The Bertz CT molecular complexity index is 801. The maximum atomic E-state index is 13.0. The Labute approximate surface area is 180 Å². The molecule has 0 unspecified atom stereocenters. The first-order chi connectivity index (χ1) is 14.3. The van der Waals surface area contributed by atoms with Crippen molar-refractivity contribution in [2.75, 3.05) is 6.54 Å². The first-order valence-electron chi connectivity index (χ1n) is 11.6. The Balaban J connectivity index is 1.52. The van der Waals surface area contributed by atoms with E-state index in [4.69, 9.17) is 9.47 Å². The number of esters is 1. The summed E-state index contributed by atoms with van der Waals surface area (Å²) in [6.45, 7) is 13.3. The Morgan fingerprint density at radius 3 is 2.90 bits per heavy atom. The van der Waals surface area contributed by atoms with Crippen LogP contribution in [0.4, 0.5) is 0 Å². The van der Waals surface area contributed by atoms with E-state index in [0.717, 1.165) is 45.3 Å². The number of hydrogen-bond donors (Lipinski definition) is 0. The van der Waals surface area contributed by atoms with Crippen LogP contribution >= 0.6 is 0 Å². The van der Waals surface area contributed by atoms with Gasteiger partial charge < -0.3 is 9.47 Å². The van der Waals surface area contributed by atoms with Gasteiger partial charge >= 0.3 is 5.97 Å². The van der Waals surface area contributed by atoms with E-state index >= 15 is 0 Å². The van der Waals surface area contributed by atoms with Crippen molar-refractivity contribution in [3.05, 3.63) is 29.6 Å². The van der Waals surface area contributed by atoms with Gasteiger partial charge in [0.1, 0.15) is 12.2 Å². The molecular weight excluding hydrogens is 378 g/mol. The van der Waals surface area contributed by atoms with Crippen LogP contribution in [0.15, 0.2) is 24.0 Å². The minimum Gasteiger partial charge on any atom is -0.459 e. The molecule has 0 saturated carbocycles. The lowest BCUT2D eigenvalue weighted by molar-refractivity contribution is -0.145. The number of fused-ring (bicyclic) bond motifs is 3. The average molecular weight is 416 g/mol. The number of nitrogens with zero attached hydrogens (tertiary/aromatic N) is 3. The van der Waals surface area contributed by atoms with Gasteiger partial charge in [0.2, 0.25) is 0 Å². The zero-order chi connectivity index (χ0) is 21.5. The molecule has 3 heterocycles. The van der Waals surface area contributed by atoms with Crippen molar-refractivity contribution >= 4 is 5.97 Å². The molecule has 2 saturated heterocycles. The summed E-state index contributed by atoms with van der Waals surface area (Å²) in [7, 11) is 0. The summed E-state index contributed by atoms with van der Waals surface area (Å²) in [5, 5.41) is 4.41. The molecule has 1 aliphatic carbocycles. The van der Waals surface area contributed by atoms with Crippen LogP contribution in [0.3, 0.4) is 0 Å². The van der Waals surface area contributed by atoms with Gasteiger partial charge in [-0.05, 0) is 60.3 Å². The second kappa shape index (κ2) is 8.46. The van der Waals surface area contributed by atoms with Gasteiger partial charge in [0.05, 0.1) is 17.7 Å². The Kier molecular flexibility index (Phi) is 6.08. The number of hydrogen-bond acceptors (Lipinski definition) is 5. The van der Waals surface area contributed by atoms with Crippen molar-refractivity contribution in [1.82, 2.24) is 14.7 Å². The van der Waals surface area contributed by atoms with Gasteiger partial charge in [-0.25, -0.2) is 0 Å². The third kappa shape index (κ3) is 4.35. The Morgan fingerprint density at radius 2 is 2.20 bits per heavy atom. The molecule has 6 heteroatoms. The first kappa shape index (κ1) is 21.6. The van der Waals surface area contributed by atoms with Crippen LogP contribution in [0, 0.1) is 11.8 Å². The number of carbonyl (C=O) groups is 1. The standard InChI is InChI=1S/C24H37N3O3/c1-6-27-14-18(12-25-27)13-26(16(2)3)15-20-19-10-9-17(4)8-7-11-24(5)22(30-24)21(19)29-23(20)28/h8,12,14,16,19-22H,6-7,9-11,13,15H2,1-5H3/b17-8+/t19-,20-,21-,22+,24+/m0/s1. The highest BCUT2D eigenvalue weighted by atomic mass is 16.6. The summed E-state index contributed by atoms with van der Waals surface area (Å²) in [6, 6.07) is 0.338. The van der Waals surface area contributed by atoms with E-state index in [1.807, 2.05) is 10.9 Å². The minimum atomic E-state index is -0.140. The smallest absolute Gasteiger partial charge is 0.311 e. The number of allylic oxidation sites excluding steroid dienone is 2. The second-order valence-corrected chi connectivity index (χ2v) is 9.88. The van der Waals surface area contributed by atoms with E-state index in [-0.39, 0.29) is 35.6 Å². The number of aryl methyl sites for hydroxylation is 1. The largest absolute Gasteiger partial charge is 0.459 e. The molecule has 3 aliphatic rings. The van der Waals surface area contributed by atoms with Crippen LogP contribution in [0.5, 0.6) is 0 Å². The van der Waals surface area contributed by atoms with Crippen molar-refractivity contribution in [3.8, 4) is 0 Å². The average Bonchev–Trinajstić information content (AvgIpc) is 3.02. The van der Waals surface area contributed by atoms with Crippen molar-refractivity contribution < 1.29 is 14.3 Å². The molecule has 30 heavy (non-hydrogen) atoms. The van der Waals surface area contributed by atoms with Gasteiger partial charge in [-0.2, -0.15) is 5.10 Å². The van der Waals surface area contributed by atoms with Crippen molar-refractivity contribution in [3.63, 3.8) is 0 Å². The number of ether oxygens (including phenoxy) is 2. The van der Waals surface area contributed by atoms with Crippen LogP contribution in [-0.4, -0.2) is 51.0 Å². The maximum absolute atomic E-state index is 13.0. The lowest BCUT2D eigenvalue weighted by Crippen LogP contribution is -2.39. The monoisotopic (exact) mass is 415 g/mol. The molecule has 0 amide bonds. The lowest BCUT2D eigenvalue weighted by Gasteiger charge is -2.30. The van der Waals surface area contributed by atoms with Crippen LogP contribution in [0.2, 0.25) is 0 Å². The number of epoxide rings is 1. The van der Waals surface area contributed by atoms with Gasteiger partial charge in [-0.3, -0.25) is 14.4 Å². The minimum absolute atomic E-state index is 0.0429. The van der Waals surface area contributed by atoms with Crippen LogP contribution in [0.1, 0.15) is 65.9 Å². The molecule has 5 atom stereocenters. The predicted octanol–water partition coefficient (Wildman–Crippen LogP) is 3.95. The van der Waals surface area contributed by atoms with E-state index in [0.29, 0.717) is 6.04 Å². The molecule has 1 aromatic rings. The zero-order valence-corrected chi connectivity index (χ0v) is 19.1. The van der Waals surface area contributed by atoms with Crippen LogP contribution < -0.4 is 0 Å². The van der Waals surface area contributed by atoms with E-state index in [2.05, 4.69) is 56.9 Å². The SMILES string of the molecule is CCn1cc(CN(C[C@@H]2C(=O)O[C@H]3[C@H]2CC/C(C)=C/CC[C@@]2(C)O[C@H]32)C(C)C)cn1. The highest BCUT2D eigenvalue weighted by Gasteiger charge is 2.62. The van der Waals surface area contributed by atoms with Crippen LogP contribution in [-0.2, 0) is 27.4 Å². The molecule has 4 rings (SSSR count). The number of carbonyl (C=O) groups excluding carboxylic acids is 1. The highest BCUT2D eigenvalue weighted by molar-refractivity contribution is 5.76. The molecule has 6 nitrogen and oxygen atoms in total. The van der Waals surface area contributed by atoms with Crippen molar-refractivity contribution in [2.45, 2.75) is 97.2 Å². The summed E-state index contributed by atoms with van der Waals surface area (Å²) in [5.74, 6) is 0.0725. The number of rotatable bonds is 6. The Morgan fingerprint density at radius 1 is 1.40 bits per heavy atom. The molecule has 2 aliphatic heterocycles. The summed E-state index contributed by atoms with van der Waals surface area (Å²) < 4.78 is 14.1. The van der Waals surface area contributed by atoms with Crippen LogP contribution in [0.25, 0.3) is 0 Å². The summed E-state index contributed by atoms with van der Waals surface area (Å²) in [4.78, 5) is 15.4. The topological polar surface area (TPSA) is 59.9 Å². The quantitative estimate of drug-likeness (QED) is 0.400. The molecule has 1 aromatic heterocycles. The first-order valence-corrected chi connectivity index (χ1v) is 11.6.